The molecule has 0 fully saturated rings. The zero-order chi connectivity index (χ0) is 17.2. The minimum Gasteiger partial charge on any atom is -0.336 e. The number of hydroxylamine groups is 1. The molecule has 1 aliphatic rings. The molecule has 1 aromatic rings. The van der Waals surface area contributed by atoms with E-state index in [-0.39, 0.29) is 5.91 Å². The van der Waals surface area contributed by atoms with Crippen molar-refractivity contribution in [1.29, 1.82) is 0 Å². The van der Waals surface area contributed by atoms with E-state index < -0.39 is 5.97 Å². The molecule has 2 rings (SSSR count). The molecule has 0 saturated carbocycles. The third-order valence-electron chi connectivity index (χ3n) is 3.65. The summed E-state index contributed by atoms with van der Waals surface area (Å²) in [6, 6.07) is 10.3. The van der Waals surface area contributed by atoms with Gasteiger partial charge in [0.05, 0.1) is 0 Å². The second-order valence-corrected chi connectivity index (χ2v) is 7.05. The molecule has 0 radical (unpaired) electrons. The highest BCUT2D eigenvalue weighted by atomic mass is 32.2. The van der Waals surface area contributed by atoms with Crippen molar-refractivity contribution < 1.29 is 14.4 Å². The summed E-state index contributed by atoms with van der Waals surface area (Å²) in [6.45, 7) is 1.71. The third-order valence-corrected chi connectivity index (χ3v) is 5.06. The molecular formula is C19H23NO3S. The van der Waals surface area contributed by atoms with Crippen molar-refractivity contribution in [3.8, 4) is 0 Å². The Labute approximate surface area is 147 Å². The minimum atomic E-state index is -0.569. The van der Waals surface area contributed by atoms with Gasteiger partial charge in [-0.25, -0.2) is 4.79 Å². The van der Waals surface area contributed by atoms with Gasteiger partial charge >= 0.3 is 5.97 Å². The zero-order valence-electron chi connectivity index (χ0n) is 13.9. The van der Waals surface area contributed by atoms with Crippen LogP contribution in [0.3, 0.4) is 0 Å². The van der Waals surface area contributed by atoms with Gasteiger partial charge in [0.1, 0.15) is 0 Å². The molecule has 5 heteroatoms. The smallest absolute Gasteiger partial charge is 0.336 e. The van der Waals surface area contributed by atoms with Crippen LogP contribution in [0.25, 0.3) is 0 Å². The van der Waals surface area contributed by atoms with Crippen LogP contribution >= 0.6 is 11.8 Å². The highest BCUT2D eigenvalue weighted by Crippen LogP contribution is 2.35. The fraction of sp³-hybridized carbons (Fsp3) is 0.368. The summed E-state index contributed by atoms with van der Waals surface area (Å²) in [7, 11) is 0. The summed E-state index contributed by atoms with van der Waals surface area (Å²) in [4.78, 5) is 29.1. The normalized spacial score (nSPS) is 14.6. The number of amides is 1. The fourth-order valence-electron chi connectivity index (χ4n) is 2.28. The predicted octanol–water partition coefficient (Wildman–Crippen LogP) is 3.94. The Balaban J connectivity index is 1.81. The molecule has 1 aliphatic carbocycles. The van der Waals surface area contributed by atoms with E-state index in [0.29, 0.717) is 11.7 Å². The second kappa shape index (κ2) is 9.98. The van der Waals surface area contributed by atoms with E-state index in [1.807, 2.05) is 30.0 Å². The Morgan fingerprint density at radius 3 is 2.71 bits per heavy atom. The molecule has 4 nitrogen and oxygen atoms in total. The first-order valence-electron chi connectivity index (χ1n) is 8.19. The third kappa shape index (κ3) is 6.62. The molecule has 0 aromatic heterocycles. The van der Waals surface area contributed by atoms with E-state index in [2.05, 4.69) is 28.5 Å². The van der Waals surface area contributed by atoms with E-state index in [4.69, 9.17) is 0 Å². The number of carbonyl (C=O) groups is 2. The number of benzene rings is 1. The maximum atomic E-state index is 11.8. The van der Waals surface area contributed by atoms with Crippen molar-refractivity contribution in [3.05, 3.63) is 59.0 Å². The second-order valence-electron chi connectivity index (χ2n) is 5.62. The lowest BCUT2D eigenvalue weighted by atomic mass is 10.1. The van der Waals surface area contributed by atoms with E-state index in [0.717, 1.165) is 25.7 Å². The summed E-state index contributed by atoms with van der Waals surface area (Å²) in [5.74, 6) is -0.838. The zero-order valence-corrected chi connectivity index (χ0v) is 14.7. The number of hydrogen-bond donors (Lipinski definition) is 1. The first-order chi connectivity index (χ1) is 11.7. The van der Waals surface area contributed by atoms with Gasteiger partial charge in [0.25, 0.3) is 5.91 Å². The average molecular weight is 345 g/mol. The van der Waals surface area contributed by atoms with Crippen LogP contribution in [0.1, 0.15) is 38.2 Å². The molecule has 1 N–H and O–H groups in total. The van der Waals surface area contributed by atoms with Gasteiger partial charge < -0.3 is 4.84 Å². The van der Waals surface area contributed by atoms with E-state index >= 15 is 0 Å². The summed E-state index contributed by atoms with van der Waals surface area (Å²) in [5.41, 5.74) is 3.48. The van der Waals surface area contributed by atoms with E-state index in [1.165, 1.54) is 16.5 Å². The molecule has 0 spiro atoms. The topological polar surface area (TPSA) is 55.4 Å². The van der Waals surface area contributed by atoms with Crippen molar-refractivity contribution in [1.82, 2.24) is 5.48 Å². The number of allylic oxidation sites excluding steroid dienone is 3. The SMILES string of the molecule is CC=CC(=O)ONC(=O)CCC(Cc1ccccc1)SC1=CCC1. The van der Waals surface area contributed by atoms with Crippen molar-refractivity contribution in [2.75, 3.05) is 0 Å². The highest BCUT2D eigenvalue weighted by molar-refractivity contribution is 8.03. The van der Waals surface area contributed by atoms with Gasteiger partial charge in [0.2, 0.25) is 0 Å². The first kappa shape index (κ1) is 18.3. The monoisotopic (exact) mass is 345 g/mol. The van der Waals surface area contributed by atoms with Gasteiger partial charge in [-0.2, -0.15) is 5.48 Å². The summed E-state index contributed by atoms with van der Waals surface area (Å²) in [6.07, 6.45) is 9.37. The number of hydrogen-bond acceptors (Lipinski definition) is 4. The Bertz CT molecular complexity index is 610. The number of thioether (sulfide) groups is 1. The molecule has 128 valence electrons. The first-order valence-corrected chi connectivity index (χ1v) is 9.07. The van der Waals surface area contributed by atoms with Crippen LogP contribution in [0.5, 0.6) is 0 Å². The van der Waals surface area contributed by atoms with Crippen LogP contribution in [0, 0.1) is 0 Å². The van der Waals surface area contributed by atoms with E-state index in [1.54, 1.807) is 13.0 Å². The number of rotatable bonds is 8. The van der Waals surface area contributed by atoms with Crippen LogP contribution in [-0.4, -0.2) is 17.1 Å². The van der Waals surface area contributed by atoms with Gasteiger partial charge in [0, 0.05) is 17.7 Å². The van der Waals surface area contributed by atoms with Gasteiger partial charge in [-0.1, -0.05) is 42.5 Å². The Morgan fingerprint density at radius 1 is 1.33 bits per heavy atom. The molecule has 0 aliphatic heterocycles. The van der Waals surface area contributed by atoms with Crippen LogP contribution < -0.4 is 5.48 Å². The molecule has 24 heavy (non-hydrogen) atoms. The average Bonchev–Trinajstić information content (AvgIpc) is 2.55. The molecule has 1 unspecified atom stereocenters. The maximum Gasteiger partial charge on any atom is 0.355 e. The molecule has 1 amide bonds. The molecule has 0 saturated heterocycles. The predicted molar refractivity (Wildman–Crippen MR) is 97.1 cm³/mol. The molecule has 0 bridgehead atoms. The van der Waals surface area contributed by atoms with Gasteiger partial charge in [-0.05, 0) is 43.1 Å². The molecule has 0 heterocycles. The highest BCUT2D eigenvalue weighted by Gasteiger charge is 2.17. The molecule has 1 aromatic carbocycles. The minimum absolute atomic E-state index is 0.269. The lowest BCUT2D eigenvalue weighted by Gasteiger charge is -2.21. The largest absolute Gasteiger partial charge is 0.355 e. The quantitative estimate of drug-likeness (QED) is 0.573. The van der Waals surface area contributed by atoms with E-state index in [9.17, 15) is 9.59 Å². The maximum absolute atomic E-state index is 11.8. The van der Waals surface area contributed by atoms with Crippen molar-refractivity contribution in [2.45, 2.75) is 44.3 Å². The Kier molecular flexibility index (Phi) is 7.62. The number of carbonyl (C=O) groups excluding carboxylic acids is 2. The molecule has 1 atom stereocenters. The van der Waals surface area contributed by atoms with Crippen LogP contribution in [0.4, 0.5) is 0 Å². The van der Waals surface area contributed by atoms with Gasteiger partial charge in [-0.15, -0.1) is 11.8 Å². The Hall–Kier alpha value is -2.01. The lowest BCUT2D eigenvalue weighted by molar-refractivity contribution is -0.153. The molecular weight excluding hydrogens is 322 g/mol. The van der Waals surface area contributed by atoms with Crippen LogP contribution in [0.15, 0.2) is 53.5 Å². The van der Waals surface area contributed by atoms with Crippen LogP contribution in [0.2, 0.25) is 0 Å². The standard InChI is InChI=1S/C19H23NO3S/c1-2-7-19(22)23-20-18(21)13-12-17(24-16-10-6-11-16)14-15-8-4-3-5-9-15/h2-5,7-10,17H,6,11-14H2,1H3,(H,20,21). The summed E-state index contributed by atoms with van der Waals surface area (Å²) < 4.78 is 0. The number of nitrogens with one attached hydrogen (secondary N) is 1. The van der Waals surface area contributed by atoms with Crippen molar-refractivity contribution in [3.63, 3.8) is 0 Å². The summed E-state index contributed by atoms with van der Waals surface area (Å²) >= 11 is 1.86. The van der Waals surface area contributed by atoms with Crippen molar-refractivity contribution in [2.24, 2.45) is 0 Å². The Morgan fingerprint density at radius 2 is 2.08 bits per heavy atom. The fourth-order valence-corrected chi connectivity index (χ4v) is 3.67. The van der Waals surface area contributed by atoms with Crippen molar-refractivity contribution >= 4 is 23.6 Å². The van der Waals surface area contributed by atoms with Gasteiger partial charge in [-0.3, -0.25) is 4.79 Å². The lowest BCUT2D eigenvalue weighted by Crippen LogP contribution is -2.27. The van der Waals surface area contributed by atoms with Gasteiger partial charge in [0.15, 0.2) is 0 Å². The van der Waals surface area contributed by atoms with Crippen LogP contribution in [-0.2, 0) is 20.8 Å². The summed E-state index contributed by atoms with van der Waals surface area (Å²) in [5, 5.41) is 0.343.